The van der Waals surface area contributed by atoms with Gasteiger partial charge in [-0.15, -0.1) is 4.40 Å². The highest BCUT2D eigenvalue weighted by molar-refractivity contribution is 7.90. The number of carbonyl (C=O) groups is 1. The van der Waals surface area contributed by atoms with E-state index in [0.717, 1.165) is 22.2 Å². The van der Waals surface area contributed by atoms with E-state index in [9.17, 15) is 18.3 Å². The number of hydrogen-bond acceptors (Lipinski definition) is 7. The first-order valence-corrected chi connectivity index (χ1v) is 13.0. The Bertz CT molecular complexity index is 1600. The minimum Gasteiger partial charge on any atom is -0.600 e. The maximum atomic E-state index is 12.8. The van der Waals surface area contributed by atoms with Gasteiger partial charge in [-0.3, -0.25) is 4.79 Å². The molecule has 0 aliphatic rings. The fourth-order valence-corrected chi connectivity index (χ4v) is 4.67. The fourth-order valence-electron chi connectivity index (χ4n) is 3.84. The topological polar surface area (TPSA) is 130 Å². The molecule has 1 aromatic heterocycles. The molecule has 1 N–H and O–H groups in total. The van der Waals surface area contributed by atoms with Gasteiger partial charge in [0.25, 0.3) is 10.0 Å². The monoisotopic (exact) mass is 533 g/mol. The number of benzene rings is 3. The Morgan fingerprint density at radius 2 is 1.71 bits per heavy atom. The maximum absolute atomic E-state index is 12.8. The molecule has 0 fully saturated rings. The smallest absolute Gasteiger partial charge is 0.284 e. The van der Waals surface area contributed by atoms with Gasteiger partial charge in [-0.25, -0.2) is 0 Å². The van der Waals surface area contributed by atoms with Gasteiger partial charge in [-0.05, 0) is 61.2 Å². The molecule has 4 rings (SSSR count). The first-order valence-electron chi connectivity index (χ1n) is 11.6. The third kappa shape index (κ3) is 5.70. The molecule has 0 atom stereocenters. The van der Waals surface area contributed by atoms with Crippen LogP contribution in [0.4, 0.5) is 0 Å². The van der Waals surface area contributed by atoms with E-state index in [4.69, 9.17) is 9.47 Å². The summed E-state index contributed by atoms with van der Waals surface area (Å²) in [5.74, 6) is 0.746. The summed E-state index contributed by atoms with van der Waals surface area (Å²) < 4.78 is 43.2. The number of ketones is 1. The van der Waals surface area contributed by atoms with Crippen molar-refractivity contribution >= 4 is 38.9 Å². The molecule has 10 heteroatoms. The zero-order valence-corrected chi connectivity index (χ0v) is 21.7. The maximum Gasteiger partial charge on any atom is 0.284 e. The predicted octanol–water partition coefficient (Wildman–Crippen LogP) is 4.19. The molecule has 0 spiro atoms. The Kier molecular flexibility index (Phi) is 7.82. The number of nitrogens with one attached hydrogen (secondary N) is 1. The summed E-state index contributed by atoms with van der Waals surface area (Å²) >= 11 is 0. The van der Waals surface area contributed by atoms with Gasteiger partial charge in [0.2, 0.25) is 0 Å². The second-order valence-corrected chi connectivity index (χ2v) is 9.66. The van der Waals surface area contributed by atoms with Crippen molar-refractivity contribution in [2.45, 2.75) is 11.8 Å². The summed E-state index contributed by atoms with van der Waals surface area (Å²) in [6, 6.07) is 18.6. The quantitative estimate of drug-likeness (QED) is 0.148. The molecule has 4 aromatic rings. The number of methoxy groups -OCH3 is 2. The van der Waals surface area contributed by atoms with E-state index < -0.39 is 16.1 Å². The summed E-state index contributed by atoms with van der Waals surface area (Å²) in [5, 5.41) is 12.5. The highest BCUT2D eigenvalue weighted by atomic mass is 32.2. The summed E-state index contributed by atoms with van der Waals surface area (Å²) in [4.78, 5) is 16.0. The molecular formula is C28H25N2O7S-. The highest BCUT2D eigenvalue weighted by Gasteiger charge is 2.16. The van der Waals surface area contributed by atoms with Crippen molar-refractivity contribution in [2.24, 2.45) is 4.40 Å². The van der Waals surface area contributed by atoms with Crippen LogP contribution in [0.2, 0.25) is 0 Å². The average molecular weight is 534 g/mol. The first-order chi connectivity index (χ1) is 18.2. The Morgan fingerprint density at radius 3 is 2.37 bits per heavy atom. The summed E-state index contributed by atoms with van der Waals surface area (Å²) in [5.41, 5.74) is 3.50. The number of aromatic nitrogens is 1. The van der Waals surface area contributed by atoms with Crippen LogP contribution in [0.1, 0.15) is 22.8 Å². The van der Waals surface area contributed by atoms with E-state index in [1.807, 2.05) is 36.4 Å². The van der Waals surface area contributed by atoms with E-state index in [0.29, 0.717) is 17.1 Å². The Labute approximate surface area is 220 Å². The van der Waals surface area contributed by atoms with Crippen molar-refractivity contribution < 1.29 is 32.5 Å². The van der Waals surface area contributed by atoms with E-state index in [1.54, 1.807) is 19.3 Å². The third-order valence-electron chi connectivity index (χ3n) is 5.69. The molecule has 1 heterocycles. The molecule has 0 amide bonds. The summed E-state index contributed by atoms with van der Waals surface area (Å²) in [7, 11) is -1.15. The molecule has 0 aliphatic carbocycles. The number of allylic oxidation sites excluding steroid dienone is 1. The Morgan fingerprint density at radius 1 is 1.00 bits per heavy atom. The van der Waals surface area contributed by atoms with Crippen LogP contribution < -0.4 is 14.6 Å². The number of hydrogen-bond donors (Lipinski definition) is 1. The molecule has 0 aliphatic heterocycles. The van der Waals surface area contributed by atoms with Crippen LogP contribution in [-0.2, 0) is 14.8 Å². The molecule has 196 valence electrons. The normalized spacial score (nSPS) is 12.1. The van der Waals surface area contributed by atoms with Crippen molar-refractivity contribution in [1.82, 2.24) is 4.98 Å². The van der Waals surface area contributed by atoms with Gasteiger partial charge in [0.1, 0.15) is 11.5 Å². The molecule has 38 heavy (non-hydrogen) atoms. The van der Waals surface area contributed by atoms with Crippen LogP contribution in [-0.4, -0.2) is 46.1 Å². The Balaban J connectivity index is 1.62. The van der Waals surface area contributed by atoms with Gasteiger partial charge >= 0.3 is 0 Å². The van der Waals surface area contributed by atoms with Gasteiger partial charge in [-0.2, -0.15) is 8.42 Å². The molecule has 3 aromatic carbocycles. The van der Waals surface area contributed by atoms with Crippen molar-refractivity contribution in [3.8, 4) is 22.8 Å². The van der Waals surface area contributed by atoms with Gasteiger partial charge in [0.05, 0.1) is 24.8 Å². The number of aromatic amines is 1. The van der Waals surface area contributed by atoms with E-state index in [1.165, 1.54) is 44.4 Å². The second kappa shape index (κ2) is 11.2. The molecule has 0 radical (unpaired) electrons. The average Bonchev–Trinajstić information content (AvgIpc) is 3.35. The van der Waals surface area contributed by atoms with E-state index >= 15 is 0 Å². The van der Waals surface area contributed by atoms with Crippen LogP contribution in [0.25, 0.3) is 28.2 Å². The van der Waals surface area contributed by atoms with Gasteiger partial charge in [0.15, 0.2) is 11.9 Å². The molecule has 0 bridgehead atoms. The van der Waals surface area contributed by atoms with Crippen molar-refractivity contribution in [3.63, 3.8) is 0 Å². The van der Waals surface area contributed by atoms with Crippen LogP contribution in [0.3, 0.4) is 0 Å². The zero-order chi connectivity index (χ0) is 27.3. The lowest BCUT2D eigenvalue weighted by atomic mass is 10.0. The van der Waals surface area contributed by atoms with Gasteiger partial charge < -0.3 is 24.3 Å². The highest BCUT2D eigenvalue weighted by Crippen LogP contribution is 2.37. The van der Waals surface area contributed by atoms with Crippen molar-refractivity contribution in [1.29, 1.82) is 0 Å². The van der Waals surface area contributed by atoms with E-state index in [-0.39, 0.29) is 22.8 Å². The van der Waals surface area contributed by atoms with Gasteiger partial charge in [-0.1, -0.05) is 25.1 Å². The first kappa shape index (κ1) is 26.5. The number of fused-ring (bicyclic) bond motifs is 1. The van der Waals surface area contributed by atoms with Crippen molar-refractivity contribution in [2.75, 3.05) is 20.8 Å². The van der Waals surface area contributed by atoms with Gasteiger partial charge in [0, 0.05) is 33.7 Å². The SMILES string of the molecule is CCO/C([O-])=N/S(=O)(=O)c1ccc(C(=O)/C=C/c2cc(-c3cc4ccccc4[nH]3)c(OC)cc2OC)cc1. The van der Waals surface area contributed by atoms with Crippen LogP contribution >= 0.6 is 0 Å². The Hall–Kier alpha value is -4.57. The number of nitrogens with zero attached hydrogens (tertiary/aromatic N) is 1. The van der Waals surface area contributed by atoms with E-state index in [2.05, 4.69) is 14.1 Å². The van der Waals surface area contributed by atoms with Crippen LogP contribution in [0, 0.1) is 0 Å². The van der Waals surface area contributed by atoms with Crippen LogP contribution in [0.15, 0.2) is 82.1 Å². The lowest BCUT2D eigenvalue weighted by Gasteiger charge is -2.12. The molecule has 0 saturated heterocycles. The number of carbonyl (C=O) groups excluding carboxylic acids is 1. The minimum absolute atomic E-state index is 0.000134. The lowest BCUT2D eigenvalue weighted by molar-refractivity contribution is -0.249. The third-order valence-corrected chi connectivity index (χ3v) is 6.94. The fraction of sp³-hybridized carbons (Fsp3) is 0.143. The zero-order valence-electron chi connectivity index (χ0n) is 20.9. The molecule has 0 saturated carbocycles. The number of ether oxygens (including phenoxy) is 3. The standard InChI is InChI=1S/C28H26N2O7S/c1-4-37-28(32)30-38(33,34)21-12-9-18(10-13-21)25(31)14-11-20-15-22(27(36-3)17-26(20)35-2)24-16-19-7-5-6-8-23(19)29-24/h5-17,29H,4H2,1-3H3,(H,30,32)/p-1/b14-11+. The lowest BCUT2D eigenvalue weighted by Crippen LogP contribution is -2.22. The van der Waals surface area contributed by atoms with Crippen molar-refractivity contribution in [3.05, 3.63) is 83.9 Å². The second-order valence-electron chi connectivity index (χ2n) is 8.05. The molecule has 9 nitrogen and oxygen atoms in total. The molecular weight excluding hydrogens is 508 g/mol. The predicted molar refractivity (Wildman–Crippen MR) is 143 cm³/mol. The largest absolute Gasteiger partial charge is 0.600 e. The molecule has 0 unspecified atom stereocenters. The summed E-state index contributed by atoms with van der Waals surface area (Å²) in [6.45, 7) is 1.54. The number of sulfonamides is 1. The summed E-state index contributed by atoms with van der Waals surface area (Å²) in [6.07, 6.45) is 1.79. The number of H-pyrrole nitrogens is 1. The minimum atomic E-state index is -4.25. The number of para-hydroxylation sites is 1. The van der Waals surface area contributed by atoms with Crippen LogP contribution in [0.5, 0.6) is 11.5 Å². The number of rotatable bonds is 9.